The molecular formula is C12H14ClF2NO. The van der Waals surface area contributed by atoms with Crippen LogP contribution in [0.2, 0.25) is 0 Å². The van der Waals surface area contributed by atoms with Gasteiger partial charge in [-0.3, -0.25) is 4.79 Å². The van der Waals surface area contributed by atoms with Crippen LogP contribution in [0.25, 0.3) is 0 Å². The fraction of sp³-hybridized carbons (Fsp3) is 0.417. The zero-order valence-corrected chi connectivity index (χ0v) is 10.4. The molecule has 1 rings (SSSR count). The van der Waals surface area contributed by atoms with Crippen LogP contribution in [0.4, 0.5) is 8.78 Å². The van der Waals surface area contributed by atoms with Crippen molar-refractivity contribution in [3.63, 3.8) is 0 Å². The molecule has 17 heavy (non-hydrogen) atoms. The van der Waals surface area contributed by atoms with Crippen molar-refractivity contribution in [1.82, 2.24) is 5.32 Å². The molecular weight excluding hydrogens is 248 g/mol. The van der Waals surface area contributed by atoms with E-state index in [-0.39, 0.29) is 17.0 Å². The molecule has 0 bridgehead atoms. The maximum atomic E-state index is 13.4. The van der Waals surface area contributed by atoms with Crippen LogP contribution in [0.5, 0.6) is 0 Å². The number of amides is 1. The van der Waals surface area contributed by atoms with Crippen LogP contribution in [-0.4, -0.2) is 18.3 Å². The van der Waals surface area contributed by atoms with Gasteiger partial charge in [-0.05, 0) is 24.5 Å². The standard InChI is InChI=1S/C12H14ClF2NO/c1-7(5-13)6-16-12(17)9-3-8(2)10(14)4-11(9)15/h3-4,7H,5-6H2,1-2H3,(H,16,17). The summed E-state index contributed by atoms with van der Waals surface area (Å²) in [5, 5.41) is 2.55. The first-order valence-corrected chi connectivity index (χ1v) is 5.79. The highest BCUT2D eigenvalue weighted by Gasteiger charge is 2.14. The number of nitrogens with one attached hydrogen (secondary N) is 1. The third-order valence-electron chi connectivity index (χ3n) is 2.37. The van der Waals surface area contributed by atoms with Gasteiger partial charge in [-0.2, -0.15) is 0 Å². The molecule has 1 unspecified atom stereocenters. The summed E-state index contributed by atoms with van der Waals surface area (Å²) >= 11 is 5.58. The first kappa shape index (κ1) is 13.9. The van der Waals surface area contributed by atoms with E-state index in [4.69, 9.17) is 11.6 Å². The monoisotopic (exact) mass is 261 g/mol. The maximum absolute atomic E-state index is 13.4. The van der Waals surface area contributed by atoms with E-state index in [1.165, 1.54) is 13.0 Å². The highest BCUT2D eigenvalue weighted by Crippen LogP contribution is 2.14. The number of alkyl halides is 1. The van der Waals surface area contributed by atoms with Gasteiger partial charge in [0.25, 0.3) is 5.91 Å². The average molecular weight is 262 g/mol. The average Bonchev–Trinajstić information content (AvgIpc) is 2.30. The Labute approximate surface area is 104 Å². The van der Waals surface area contributed by atoms with Crippen LogP contribution in [-0.2, 0) is 0 Å². The lowest BCUT2D eigenvalue weighted by Crippen LogP contribution is -2.29. The molecule has 0 saturated carbocycles. The van der Waals surface area contributed by atoms with Crippen molar-refractivity contribution in [2.24, 2.45) is 5.92 Å². The minimum Gasteiger partial charge on any atom is -0.352 e. The Bertz CT molecular complexity index is 423. The summed E-state index contributed by atoms with van der Waals surface area (Å²) in [5.41, 5.74) is 0.0904. The van der Waals surface area contributed by atoms with Crippen LogP contribution >= 0.6 is 11.6 Å². The van der Waals surface area contributed by atoms with Crippen LogP contribution in [0, 0.1) is 24.5 Å². The molecule has 1 amide bonds. The molecule has 0 fully saturated rings. The van der Waals surface area contributed by atoms with Crippen molar-refractivity contribution in [2.75, 3.05) is 12.4 Å². The largest absolute Gasteiger partial charge is 0.352 e. The topological polar surface area (TPSA) is 29.1 Å². The summed E-state index contributed by atoms with van der Waals surface area (Å²) < 4.78 is 26.4. The highest BCUT2D eigenvalue weighted by molar-refractivity contribution is 6.18. The zero-order chi connectivity index (χ0) is 13.0. The fourth-order valence-electron chi connectivity index (χ4n) is 1.25. The molecule has 0 aliphatic rings. The summed E-state index contributed by atoms with van der Waals surface area (Å²) in [6.07, 6.45) is 0. The Morgan fingerprint density at radius 3 is 2.65 bits per heavy atom. The number of carbonyl (C=O) groups is 1. The molecule has 5 heteroatoms. The molecule has 1 N–H and O–H groups in total. The summed E-state index contributed by atoms with van der Waals surface area (Å²) in [4.78, 5) is 11.6. The van der Waals surface area contributed by atoms with Gasteiger partial charge in [0, 0.05) is 18.5 Å². The summed E-state index contributed by atoms with van der Waals surface area (Å²) in [5.74, 6) is -1.56. The Morgan fingerprint density at radius 1 is 1.41 bits per heavy atom. The molecule has 0 spiro atoms. The predicted octanol–water partition coefficient (Wildman–Crippen LogP) is 2.88. The van der Waals surface area contributed by atoms with E-state index in [2.05, 4.69) is 5.32 Å². The molecule has 0 aliphatic carbocycles. The Morgan fingerprint density at radius 2 is 2.06 bits per heavy atom. The van der Waals surface area contributed by atoms with Gasteiger partial charge in [0.2, 0.25) is 0 Å². The number of aryl methyl sites for hydroxylation is 1. The third-order valence-corrected chi connectivity index (χ3v) is 2.89. The van der Waals surface area contributed by atoms with Crippen LogP contribution in [0.1, 0.15) is 22.8 Å². The number of carbonyl (C=O) groups excluding carboxylic acids is 1. The van der Waals surface area contributed by atoms with Gasteiger partial charge in [-0.1, -0.05) is 6.92 Å². The lowest BCUT2D eigenvalue weighted by atomic mass is 10.1. The number of hydrogen-bond acceptors (Lipinski definition) is 1. The van der Waals surface area contributed by atoms with Crippen molar-refractivity contribution >= 4 is 17.5 Å². The lowest BCUT2D eigenvalue weighted by molar-refractivity contribution is 0.0945. The molecule has 0 aliphatic heterocycles. The smallest absolute Gasteiger partial charge is 0.254 e. The molecule has 1 atom stereocenters. The quantitative estimate of drug-likeness (QED) is 0.830. The lowest BCUT2D eigenvalue weighted by Gasteiger charge is -2.10. The van der Waals surface area contributed by atoms with Crippen LogP contribution in [0.3, 0.4) is 0 Å². The van der Waals surface area contributed by atoms with Gasteiger partial charge >= 0.3 is 0 Å². The van der Waals surface area contributed by atoms with E-state index >= 15 is 0 Å². The van der Waals surface area contributed by atoms with E-state index in [0.29, 0.717) is 12.4 Å². The van der Waals surface area contributed by atoms with E-state index in [9.17, 15) is 13.6 Å². The number of rotatable bonds is 4. The summed E-state index contributed by atoms with van der Waals surface area (Å²) in [6, 6.07) is 1.92. The number of halogens is 3. The first-order chi connectivity index (χ1) is 7.95. The van der Waals surface area contributed by atoms with Crippen molar-refractivity contribution in [3.05, 3.63) is 34.9 Å². The second-order valence-electron chi connectivity index (χ2n) is 4.05. The Balaban J connectivity index is 2.79. The van der Waals surface area contributed by atoms with Crippen LogP contribution in [0.15, 0.2) is 12.1 Å². The Hall–Kier alpha value is -1.16. The SMILES string of the molecule is Cc1cc(C(=O)NCC(C)CCl)c(F)cc1F. The molecule has 1 aromatic carbocycles. The van der Waals surface area contributed by atoms with Crippen molar-refractivity contribution in [2.45, 2.75) is 13.8 Å². The molecule has 2 nitrogen and oxygen atoms in total. The zero-order valence-electron chi connectivity index (χ0n) is 9.69. The summed E-state index contributed by atoms with van der Waals surface area (Å²) in [6.45, 7) is 3.70. The van der Waals surface area contributed by atoms with Crippen LogP contribution < -0.4 is 5.32 Å². The van der Waals surface area contributed by atoms with E-state index in [1.807, 2.05) is 6.92 Å². The van der Waals surface area contributed by atoms with Crippen molar-refractivity contribution < 1.29 is 13.6 Å². The van der Waals surface area contributed by atoms with Gasteiger partial charge in [0.15, 0.2) is 0 Å². The van der Waals surface area contributed by atoms with Crippen molar-refractivity contribution in [1.29, 1.82) is 0 Å². The number of hydrogen-bond donors (Lipinski definition) is 1. The van der Waals surface area contributed by atoms with Gasteiger partial charge in [-0.15, -0.1) is 11.6 Å². The fourth-order valence-corrected chi connectivity index (χ4v) is 1.36. The minimum atomic E-state index is -0.857. The molecule has 0 heterocycles. The van der Waals surface area contributed by atoms with Crippen molar-refractivity contribution in [3.8, 4) is 0 Å². The molecule has 0 aromatic heterocycles. The Kier molecular flexibility index (Phi) is 4.87. The van der Waals surface area contributed by atoms with Gasteiger partial charge < -0.3 is 5.32 Å². The molecule has 1 aromatic rings. The van der Waals surface area contributed by atoms with E-state index in [0.717, 1.165) is 6.07 Å². The van der Waals surface area contributed by atoms with Gasteiger partial charge in [0.1, 0.15) is 11.6 Å². The van der Waals surface area contributed by atoms with Gasteiger partial charge in [-0.25, -0.2) is 8.78 Å². The highest BCUT2D eigenvalue weighted by atomic mass is 35.5. The number of benzene rings is 1. The molecule has 94 valence electrons. The minimum absolute atomic E-state index is 0.102. The second kappa shape index (κ2) is 5.96. The maximum Gasteiger partial charge on any atom is 0.254 e. The van der Waals surface area contributed by atoms with Gasteiger partial charge in [0.05, 0.1) is 5.56 Å². The normalized spacial score (nSPS) is 12.3. The third kappa shape index (κ3) is 3.66. The second-order valence-corrected chi connectivity index (χ2v) is 4.36. The first-order valence-electron chi connectivity index (χ1n) is 5.25. The van der Waals surface area contributed by atoms with E-state index in [1.54, 1.807) is 0 Å². The summed E-state index contributed by atoms with van der Waals surface area (Å²) in [7, 11) is 0. The molecule has 0 saturated heterocycles. The van der Waals surface area contributed by atoms with E-state index < -0.39 is 17.5 Å². The molecule has 0 radical (unpaired) electrons. The predicted molar refractivity (Wildman–Crippen MR) is 63.3 cm³/mol.